The van der Waals surface area contributed by atoms with Crippen LogP contribution in [0.5, 0.6) is 0 Å². The summed E-state index contributed by atoms with van der Waals surface area (Å²) < 4.78 is 1.70. The summed E-state index contributed by atoms with van der Waals surface area (Å²) in [6, 6.07) is 1.92. The summed E-state index contributed by atoms with van der Waals surface area (Å²) in [6.45, 7) is 3.48. The first-order valence-electron chi connectivity index (χ1n) is 8.72. The molecule has 9 heteroatoms. The van der Waals surface area contributed by atoms with E-state index in [1.165, 1.54) is 0 Å². The molecule has 1 N–H and O–H groups in total. The number of nitrogens with zero attached hydrogens (tertiary/aromatic N) is 7. The van der Waals surface area contributed by atoms with Gasteiger partial charge in [-0.15, -0.1) is 0 Å². The molecule has 1 atom stereocenters. The highest BCUT2D eigenvalue weighted by molar-refractivity contribution is 5.75. The van der Waals surface area contributed by atoms with Crippen LogP contribution in [-0.2, 0) is 0 Å². The molecule has 2 fully saturated rings. The van der Waals surface area contributed by atoms with Gasteiger partial charge in [-0.05, 0) is 18.4 Å². The van der Waals surface area contributed by atoms with E-state index in [-0.39, 0.29) is 11.9 Å². The van der Waals surface area contributed by atoms with Crippen molar-refractivity contribution in [3.8, 4) is 12.0 Å². The van der Waals surface area contributed by atoms with Crippen LogP contribution in [0, 0.1) is 17.4 Å². The molecule has 2 aliphatic rings. The highest BCUT2D eigenvalue weighted by Gasteiger charge is 2.33. The number of carbonyl (C=O) groups excluding carboxylic acids is 1. The molecule has 2 aliphatic heterocycles. The topological polar surface area (TPSA) is 103 Å². The molecule has 0 bridgehead atoms. The van der Waals surface area contributed by atoms with Gasteiger partial charge in [-0.2, -0.15) is 10.4 Å². The van der Waals surface area contributed by atoms with E-state index in [1.807, 2.05) is 12.3 Å². The summed E-state index contributed by atoms with van der Waals surface area (Å²) in [7, 11) is 0. The minimum Gasteiger partial charge on any atom is -0.338 e. The Morgan fingerprint density at radius 1 is 1.35 bits per heavy atom. The summed E-state index contributed by atoms with van der Waals surface area (Å²) in [5.74, 6) is 1.29. The fourth-order valence-electron chi connectivity index (χ4n) is 3.36. The zero-order valence-corrected chi connectivity index (χ0v) is 14.3. The molecular formula is C17H20N8O. The van der Waals surface area contributed by atoms with Gasteiger partial charge in [0.05, 0.1) is 11.9 Å². The Morgan fingerprint density at radius 2 is 2.23 bits per heavy atom. The van der Waals surface area contributed by atoms with Crippen molar-refractivity contribution >= 4 is 6.03 Å². The number of amides is 2. The van der Waals surface area contributed by atoms with Crippen LogP contribution < -0.4 is 5.32 Å². The van der Waals surface area contributed by atoms with Crippen molar-refractivity contribution in [3.63, 3.8) is 0 Å². The molecule has 9 nitrogen and oxygen atoms in total. The summed E-state index contributed by atoms with van der Waals surface area (Å²) in [5.41, 5.74) is 0.958. The average molecular weight is 352 g/mol. The van der Waals surface area contributed by atoms with E-state index in [1.54, 1.807) is 33.1 Å². The van der Waals surface area contributed by atoms with Gasteiger partial charge in [-0.1, -0.05) is 0 Å². The maximum absolute atomic E-state index is 12.2. The maximum Gasteiger partial charge on any atom is 0.317 e. The molecule has 134 valence electrons. The Hall–Kier alpha value is -3.15. The molecule has 2 aromatic heterocycles. The highest BCUT2D eigenvalue weighted by atomic mass is 16.2. The lowest BCUT2D eigenvalue weighted by Gasteiger charge is -2.38. The van der Waals surface area contributed by atoms with Crippen molar-refractivity contribution in [3.05, 3.63) is 36.5 Å². The van der Waals surface area contributed by atoms with Crippen molar-refractivity contribution < 1.29 is 4.79 Å². The van der Waals surface area contributed by atoms with Crippen LogP contribution in [-0.4, -0.2) is 68.3 Å². The Bertz CT molecular complexity index is 808. The summed E-state index contributed by atoms with van der Waals surface area (Å²) >= 11 is 0. The number of carbonyl (C=O) groups is 1. The van der Waals surface area contributed by atoms with Gasteiger partial charge in [0.2, 0.25) is 0 Å². The minimum atomic E-state index is -0.0370. The number of likely N-dealkylation sites (tertiary alicyclic amines) is 2. The number of urea groups is 1. The zero-order chi connectivity index (χ0) is 17.9. The molecule has 4 heterocycles. The normalized spacial score (nSPS) is 19.9. The van der Waals surface area contributed by atoms with Gasteiger partial charge in [0.15, 0.2) is 12.0 Å². The molecule has 0 aliphatic carbocycles. The van der Waals surface area contributed by atoms with E-state index in [0.29, 0.717) is 31.4 Å². The number of hydrogen-bond donors (Lipinski definition) is 1. The van der Waals surface area contributed by atoms with E-state index in [9.17, 15) is 4.79 Å². The van der Waals surface area contributed by atoms with Crippen LogP contribution in [0.2, 0.25) is 0 Å². The van der Waals surface area contributed by atoms with Gasteiger partial charge in [-0.3, -0.25) is 4.98 Å². The molecule has 2 aromatic rings. The van der Waals surface area contributed by atoms with E-state index >= 15 is 0 Å². The van der Waals surface area contributed by atoms with Crippen molar-refractivity contribution in [2.75, 3.05) is 32.7 Å². The van der Waals surface area contributed by atoms with Gasteiger partial charge >= 0.3 is 6.03 Å². The number of nitriles is 1. The second kappa shape index (κ2) is 7.00. The molecular weight excluding hydrogens is 332 g/mol. The Balaban J connectivity index is 1.25. The average Bonchev–Trinajstić information content (AvgIpc) is 3.29. The lowest BCUT2D eigenvalue weighted by atomic mass is 9.97. The number of aromatic nitrogens is 4. The Morgan fingerprint density at radius 3 is 2.96 bits per heavy atom. The fourth-order valence-corrected chi connectivity index (χ4v) is 3.36. The van der Waals surface area contributed by atoms with Crippen molar-refractivity contribution in [1.82, 2.24) is 34.9 Å². The summed E-state index contributed by atoms with van der Waals surface area (Å²) in [6.07, 6.45) is 9.89. The van der Waals surface area contributed by atoms with Crippen molar-refractivity contribution in [1.29, 1.82) is 5.26 Å². The fraction of sp³-hybridized carbons (Fsp3) is 0.471. The summed E-state index contributed by atoms with van der Waals surface area (Å²) in [5, 5.41) is 16.4. The zero-order valence-electron chi connectivity index (χ0n) is 14.3. The van der Waals surface area contributed by atoms with Crippen LogP contribution in [0.1, 0.15) is 18.0 Å². The monoisotopic (exact) mass is 352 g/mol. The van der Waals surface area contributed by atoms with Gasteiger partial charge in [-0.25, -0.2) is 14.5 Å². The third kappa shape index (κ3) is 3.31. The molecule has 0 saturated carbocycles. The maximum atomic E-state index is 12.2. The first-order valence-corrected chi connectivity index (χ1v) is 8.72. The second-order valence-electron chi connectivity index (χ2n) is 6.74. The number of hydrogen-bond acceptors (Lipinski definition) is 6. The van der Waals surface area contributed by atoms with Gasteiger partial charge in [0, 0.05) is 57.2 Å². The number of nitrogens with one attached hydrogen (secondary N) is 1. The van der Waals surface area contributed by atoms with Crippen molar-refractivity contribution in [2.45, 2.75) is 12.3 Å². The van der Waals surface area contributed by atoms with Crippen LogP contribution in [0.3, 0.4) is 0 Å². The lowest BCUT2D eigenvalue weighted by molar-refractivity contribution is 0.148. The largest absolute Gasteiger partial charge is 0.338 e. The van der Waals surface area contributed by atoms with Crippen LogP contribution >= 0.6 is 0 Å². The standard InChI is InChI=1S/C17H20N8O/c18-12-23-5-1-13(9-23)7-21-17(26)24-10-14(11-24)15-2-6-25(22-15)16-8-19-3-4-20-16/h2-4,6,8,13-14H,1,5,7,9-11H2,(H,21,26). The minimum absolute atomic E-state index is 0.0370. The third-order valence-electron chi connectivity index (χ3n) is 4.95. The van der Waals surface area contributed by atoms with Gasteiger partial charge < -0.3 is 15.1 Å². The molecule has 0 aromatic carbocycles. The third-order valence-corrected chi connectivity index (χ3v) is 4.95. The Kier molecular flexibility index (Phi) is 4.39. The lowest BCUT2D eigenvalue weighted by Crippen LogP contribution is -2.53. The highest BCUT2D eigenvalue weighted by Crippen LogP contribution is 2.26. The quantitative estimate of drug-likeness (QED) is 0.807. The SMILES string of the molecule is N#CN1CCC(CNC(=O)N2CC(c3ccn(-c4cnccn4)n3)C2)C1. The van der Waals surface area contributed by atoms with Crippen molar-refractivity contribution in [2.24, 2.45) is 5.92 Å². The molecule has 2 saturated heterocycles. The molecule has 1 unspecified atom stereocenters. The molecule has 0 radical (unpaired) electrons. The predicted octanol–water partition coefficient (Wildman–Crippen LogP) is 0.574. The Labute approximate surface area is 151 Å². The van der Waals surface area contributed by atoms with Gasteiger partial charge in [0.1, 0.15) is 0 Å². The second-order valence-corrected chi connectivity index (χ2v) is 6.74. The van der Waals surface area contributed by atoms with Crippen LogP contribution in [0.4, 0.5) is 4.79 Å². The smallest absolute Gasteiger partial charge is 0.317 e. The van der Waals surface area contributed by atoms with E-state index in [0.717, 1.165) is 25.2 Å². The van der Waals surface area contributed by atoms with E-state index in [2.05, 4.69) is 26.6 Å². The molecule has 4 rings (SSSR count). The van der Waals surface area contributed by atoms with Crippen LogP contribution in [0.15, 0.2) is 30.9 Å². The molecule has 0 spiro atoms. The molecule has 2 amide bonds. The van der Waals surface area contributed by atoms with Crippen LogP contribution in [0.25, 0.3) is 5.82 Å². The van der Waals surface area contributed by atoms with Gasteiger partial charge in [0.25, 0.3) is 0 Å². The summed E-state index contributed by atoms with van der Waals surface area (Å²) in [4.78, 5) is 24.0. The first-order chi connectivity index (χ1) is 12.7. The van der Waals surface area contributed by atoms with E-state index < -0.39 is 0 Å². The molecule has 26 heavy (non-hydrogen) atoms. The van der Waals surface area contributed by atoms with E-state index in [4.69, 9.17) is 5.26 Å². The first kappa shape index (κ1) is 16.3. The predicted molar refractivity (Wildman–Crippen MR) is 92.2 cm³/mol. The number of rotatable bonds is 4.